The van der Waals surface area contributed by atoms with Crippen LogP contribution in [0.25, 0.3) is 10.8 Å². The maximum absolute atomic E-state index is 9.51. The van der Waals surface area contributed by atoms with Gasteiger partial charge in [0.15, 0.2) is 0 Å². The monoisotopic (exact) mass is 347 g/mol. The molecule has 3 nitrogen and oxygen atoms in total. The Balaban J connectivity index is 2.90. The first-order valence-corrected chi connectivity index (χ1v) is 6.97. The number of nitrogens with two attached hydrogens (primary N) is 1. The first-order valence-electron chi connectivity index (χ1n) is 5.80. The fraction of sp³-hybridized carbons (Fsp3) is 0.0667. The van der Waals surface area contributed by atoms with E-state index in [0.29, 0.717) is 26.3 Å². The molecule has 0 amide bonds. The number of allylic oxidation sites excluding steroid dienone is 1. The zero-order valence-electron chi connectivity index (χ0n) is 10.7. The van der Waals surface area contributed by atoms with E-state index in [1.54, 1.807) is 7.05 Å². The molecule has 2 aromatic rings. The second-order valence-corrected chi connectivity index (χ2v) is 5.29. The van der Waals surface area contributed by atoms with Crippen LogP contribution in [0.1, 0.15) is 11.1 Å². The van der Waals surface area contributed by atoms with E-state index in [1.807, 2.05) is 30.3 Å². The van der Waals surface area contributed by atoms with E-state index in [0.717, 1.165) is 10.8 Å². The van der Waals surface area contributed by atoms with Crippen molar-refractivity contribution < 1.29 is 0 Å². The highest BCUT2D eigenvalue weighted by molar-refractivity contribution is 9.12. The highest BCUT2D eigenvalue weighted by Crippen LogP contribution is 2.31. The fourth-order valence-corrected chi connectivity index (χ4v) is 2.76. The van der Waals surface area contributed by atoms with Gasteiger partial charge >= 0.3 is 0 Å². The summed E-state index contributed by atoms with van der Waals surface area (Å²) < 4.78 is 0.591. The molecule has 2 aromatic carbocycles. The molecule has 0 unspecified atom stereocenters. The third-order valence-corrected chi connectivity index (χ3v) is 3.88. The lowest BCUT2D eigenvalue weighted by molar-refractivity contribution is 1.41. The summed E-state index contributed by atoms with van der Waals surface area (Å²) in [4.78, 5) is 4.19. The Morgan fingerprint density at radius 1 is 1.45 bits per heavy atom. The zero-order valence-corrected chi connectivity index (χ0v) is 13.0. The number of halogens is 2. The van der Waals surface area contributed by atoms with Gasteiger partial charge < -0.3 is 5.73 Å². The molecule has 2 N–H and O–H groups in total. The first-order chi connectivity index (χ1) is 9.63. The van der Waals surface area contributed by atoms with Gasteiger partial charge in [-0.25, -0.2) is 0 Å². The third-order valence-electron chi connectivity index (χ3n) is 2.95. The molecule has 0 saturated carbocycles. The molecule has 100 valence electrons. The molecule has 0 radical (unpaired) electrons. The summed E-state index contributed by atoms with van der Waals surface area (Å²) in [6.45, 7) is 0. The van der Waals surface area contributed by atoms with Crippen molar-refractivity contribution in [3.05, 3.63) is 57.2 Å². The van der Waals surface area contributed by atoms with Crippen molar-refractivity contribution in [3.8, 4) is 6.07 Å². The van der Waals surface area contributed by atoms with Crippen LogP contribution in [0.5, 0.6) is 0 Å². The number of aliphatic imine (C=N–C) groups is 1. The molecule has 0 saturated heterocycles. The van der Waals surface area contributed by atoms with Crippen LogP contribution in [-0.4, -0.2) is 12.8 Å². The summed E-state index contributed by atoms with van der Waals surface area (Å²) in [6, 6.07) is 11.6. The molecule has 0 aliphatic carbocycles. The standard InChI is InChI=1S/C15H11BrClN3/c1-20-15(12(16)8-19)14-11(7-18)10-5-3-2-4-9(10)6-13(14)17/h2-6,8H,19H2,1H3. The molecule has 0 atom stereocenters. The number of benzene rings is 2. The van der Waals surface area contributed by atoms with Crippen LogP contribution in [0.3, 0.4) is 0 Å². The second-order valence-electron chi connectivity index (χ2n) is 4.03. The van der Waals surface area contributed by atoms with E-state index in [1.165, 1.54) is 6.20 Å². The van der Waals surface area contributed by atoms with Gasteiger partial charge in [-0.1, -0.05) is 35.9 Å². The fourth-order valence-electron chi connectivity index (χ4n) is 2.08. The largest absolute Gasteiger partial charge is 0.404 e. The van der Waals surface area contributed by atoms with Gasteiger partial charge in [-0.3, -0.25) is 4.99 Å². The molecule has 0 heterocycles. The molecular formula is C15H11BrClN3. The topological polar surface area (TPSA) is 62.2 Å². The molecule has 5 heteroatoms. The predicted octanol–water partition coefficient (Wildman–Crippen LogP) is 3.98. The Hall–Kier alpha value is -1.83. The maximum Gasteiger partial charge on any atom is 0.101 e. The van der Waals surface area contributed by atoms with Crippen molar-refractivity contribution in [1.82, 2.24) is 0 Å². The smallest absolute Gasteiger partial charge is 0.101 e. The maximum atomic E-state index is 9.51. The number of hydrogen-bond donors (Lipinski definition) is 1. The Morgan fingerprint density at radius 3 is 2.75 bits per heavy atom. The molecule has 0 aromatic heterocycles. The minimum Gasteiger partial charge on any atom is -0.404 e. The Labute approximate surface area is 130 Å². The summed E-state index contributed by atoms with van der Waals surface area (Å²) in [5.41, 5.74) is 7.16. The van der Waals surface area contributed by atoms with Crippen LogP contribution < -0.4 is 5.73 Å². The van der Waals surface area contributed by atoms with Crippen LogP contribution in [0, 0.1) is 11.3 Å². The van der Waals surface area contributed by atoms with E-state index in [4.69, 9.17) is 17.3 Å². The highest BCUT2D eigenvalue weighted by atomic mass is 79.9. The van der Waals surface area contributed by atoms with Gasteiger partial charge in [0.2, 0.25) is 0 Å². The van der Waals surface area contributed by atoms with Crippen molar-refractivity contribution in [2.45, 2.75) is 0 Å². The van der Waals surface area contributed by atoms with Crippen molar-refractivity contribution in [2.24, 2.45) is 10.7 Å². The summed E-state index contributed by atoms with van der Waals surface area (Å²) >= 11 is 9.68. The summed E-state index contributed by atoms with van der Waals surface area (Å²) in [6.07, 6.45) is 1.38. The van der Waals surface area contributed by atoms with Crippen LogP contribution in [-0.2, 0) is 0 Å². The number of nitrogens with zero attached hydrogens (tertiary/aromatic N) is 2. The third kappa shape index (κ3) is 2.43. The van der Waals surface area contributed by atoms with E-state index >= 15 is 0 Å². The SMILES string of the molecule is CN=C(C(Br)=CN)c1c(Cl)cc2ccccc2c1C#N. The van der Waals surface area contributed by atoms with Gasteiger partial charge in [-0.2, -0.15) is 5.26 Å². The number of rotatable bonds is 2. The lowest BCUT2D eigenvalue weighted by atomic mass is 9.96. The molecule has 0 fully saturated rings. The van der Waals surface area contributed by atoms with Gasteiger partial charge in [-0.05, 0) is 27.4 Å². The van der Waals surface area contributed by atoms with Gasteiger partial charge in [0, 0.05) is 24.2 Å². The van der Waals surface area contributed by atoms with Crippen molar-refractivity contribution in [1.29, 1.82) is 5.26 Å². The predicted molar refractivity (Wildman–Crippen MR) is 87.3 cm³/mol. The van der Waals surface area contributed by atoms with Gasteiger partial charge in [0.05, 0.1) is 20.8 Å². The Kier molecular flexibility index (Phi) is 4.43. The molecule has 0 bridgehead atoms. The van der Waals surface area contributed by atoms with E-state index in [9.17, 15) is 5.26 Å². The summed E-state index contributed by atoms with van der Waals surface area (Å²) in [7, 11) is 1.63. The zero-order chi connectivity index (χ0) is 14.7. The highest BCUT2D eigenvalue weighted by Gasteiger charge is 2.18. The lowest BCUT2D eigenvalue weighted by Gasteiger charge is -2.12. The normalized spacial score (nSPS) is 12.5. The molecule has 0 aliphatic heterocycles. The minimum absolute atomic E-state index is 0.472. The first kappa shape index (κ1) is 14.6. The molecule has 2 rings (SSSR count). The Morgan fingerprint density at radius 2 is 2.15 bits per heavy atom. The molecular weight excluding hydrogens is 338 g/mol. The van der Waals surface area contributed by atoms with Crippen molar-refractivity contribution >= 4 is 44.0 Å². The van der Waals surface area contributed by atoms with E-state index in [2.05, 4.69) is 27.0 Å². The van der Waals surface area contributed by atoms with Crippen LogP contribution >= 0.6 is 27.5 Å². The second kappa shape index (κ2) is 6.08. The lowest BCUT2D eigenvalue weighted by Crippen LogP contribution is -2.07. The summed E-state index contributed by atoms with van der Waals surface area (Å²) in [5, 5.41) is 11.7. The number of fused-ring (bicyclic) bond motifs is 1. The van der Waals surface area contributed by atoms with Gasteiger partial charge in [0.25, 0.3) is 0 Å². The van der Waals surface area contributed by atoms with Gasteiger partial charge in [-0.15, -0.1) is 0 Å². The molecule has 0 aliphatic rings. The van der Waals surface area contributed by atoms with Crippen molar-refractivity contribution in [2.75, 3.05) is 7.05 Å². The minimum atomic E-state index is 0.472. The van der Waals surface area contributed by atoms with Crippen LogP contribution in [0.15, 0.2) is 46.0 Å². The van der Waals surface area contributed by atoms with Gasteiger partial charge in [0.1, 0.15) is 6.07 Å². The van der Waals surface area contributed by atoms with Crippen LogP contribution in [0.4, 0.5) is 0 Å². The average molecular weight is 349 g/mol. The average Bonchev–Trinajstić information content (AvgIpc) is 2.47. The van der Waals surface area contributed by atoms with Crippen molar-refractivity contribution in [3.63, 3.8) is 0 Å². The Bertz CT molecular complexity index is 773. The number of nitriles is 1. The van der Waals surface area contributed by atoms with Crippen LogP contribution in [0.2, 0.25) is 5.02 Å². The van der Waals surface area contributed by atoms with E-state index < -0.39 is 0 Å². The number of hydrogen-bond acceptors (Lipinski definition) is 3. The van der Waals surface area contributed by atoms with E-state index in [-0.39, 0.29) is 0 Å². The quantitative estimate of drug-likeness (QED) is 0.834. The summed E-state index contributed by atoms with van der Waals surface area (Å²) in [5.74, 6) is 0. The molecule has 0 spiro atoms. The molecule has 20 heavy (non-hydrogen) atoms.